The number of amides is 2. The highest BCUT2D eigenvalue weighted by Gasteiger charge is 2.26. The molecule has 1 N–H and O–H groups in total. The van der Waals surface area contributed by atoms with Crippen LogP contribution >= 0.6 is 0 Å². The second-order valence-corrected chi connectivity index (χ2v) is 8.39. The van der Waals surface area contributed by atoms with Crippen molar-refractivity contribution in [3.8, 4) is 0 Å². The van der Waals surface area contributed by atoms with Crippen molar-refractivity contribution in [2.45, 2.75) is 58.0 Å². The lowest BCUT2D eigenvalue weighted by atomic mass is 9.87. The minimum atomic E-state index is -0.312. The van der Waals surface area contributed by atoms with Gasteiger partial charge >= 0.3 is 0 Å². The molecule has 1 aromatic heterocycles. The predicted molar refractivity (Wildman–Crippen MR) is 114 cm³/mol. The van der Waals surface area contributed by atoms with Crippen molar-refractivity contribution in [1.82, 2.24) is 15.1 Å². The smallest absolute Gasteiger partial charge is 0.278 e. The van der Waals surface area contributed by atoms with Crippen molar-refractivity contribution >= 4 is 17.5 Å². The van der Waals surface area contributed by atoms with Crippen molar-refractivity contribution in [3.63, 3.8) is 0 Å². The standard InChI is InChI=1S/C23H28N4O3/c1-16-6-8-18(9-7-16)24-21(28)13-15-27-22(29)11-10-19(25-27)23(30)26-14-12-17-4-2-3-5-20(17)26/h2-5,10-11,16,18H,6-9,12-15H2,1H3,(H,24,28). The number of nitrogens with zero attached hydrogens (tertiary/aromatic N) is 3. The first-order chi connectivity index (χ1) is 14.5. The number of rotatable bonds is 5. The first kappa shape index (κ1) is 20.3. The Morgan fingerprint density at radius 3 is 2.67 bits per heavy atom. The highest BCUT2D eigenvalue weighted by atomic mass is 16.2. The van der Waals surface area contributed by atoms with Gasteiger partial charge in [0.2, 0.25) is 5.91 Å². The average molecular weight is 409 g/mol. The van der Waals surface area contributed by atoms with Gasteiger partial charge in [-0.05, 0) is 55.7 Å². The molecule has 1 fully saturated rings. The van der Waals surface area contributed by atoms with Gasteiger partial charge in [0.1, 0.15) is 5.69 Å². The maximum atomic E-state index is 13.0. The summed E-state index contributed by atoms with van der Waals surface area (Å²) in [5.74, 6) is 0.423. The Morgan fingerprint density at radius 1 is 1.10 bits per heavy atom. The number of hydrogen-bond donors (Lipinski definition) is 1. The summed E-state index contributed by atoms with van der Waals surface area (Å²) in [7, 11) is 0. The fourth-order valence-electron chi connectivity index (χ4n) is 4.32. The number of para-hydroxylation sites is 1. The van der Waals surface area contributed by atoms with E-state index in [1.165, 1.54) is 16.8 Å². The zero-order valence-electron chi connectivity index (χ0n) is 17.3. The number of fused-ring (bicyclic) bond motifs is 1. The second-order valence-electron chi connectivity index (χ2n) is 8.39. The van der Waals surface area contributed by atoms with Gasteiger partial charge in [0.05, 0.1) is 6.54 Å². The van der Waals surface area contributed by atoms with Crippen molar-refractivity contribution in [2.24, 2.45) is 5.92 Å². The molecule has 1 saturated carbocycles. The third-order valence-electron chi connectivity index (χ3n) is 6.15. The van der Waals surface area contributed by atoms with Crippen LogP contribution in [-0.2, 0) is 17.8 Å². The van der Waals surface area contributed by atoms with E-state index in [2.05, 4.69) is 17.3 Å². The van der Waals surface area contributed by atoms with Gasteiger partial charge in [-0.2, -0.15) is 5.10 Å². The molecule has 1 aliphatic heterocycles. The molecule has 0 spiro atoms. The number of carbonyl (C=O) groups is 2. The third-order valence-corrected chi connectivity index (χ3v) is 6.15. The topological polar surface area (TPSA) is 84.3 Å². The van der Waals surface area contributed by atoms with Gasteiger partial charge < -0.3 is 10.2 Å². The quantitative estimate of drug-likeness (QED) is 0.824. The maximum absolute atomic E-state index is 13.0. The van der Waals surface area contributed by atoms with E-state index in [0.717, 1.165) is 49.3 Å². The van der Waals surface area contributed by atoms with Gasteiger partial charge in [-0.1, -0.05) is 25.1 Å². The Hall–Kier alpha value is -2.96. The number of benzene rings is 1. The van der Waals surface area contributed by atoms with Crippen LogP contribution in [0.4, 0.5) is 5.69 Å². The summed E-state index contributed by atoms with van der Waals surface area (Å²) >= 11 is 0. The Labute approximate surface area is 176 Å². The lowest BCUT2D eigenvalue weighted by Crippen LogP contribution is -2.38. The first-order valence-corrected chi connectivity index (χ1v) is 10.8. The van der Waals surface area contributed by atoms with E-state index in [4.69, 9.17) is 0 Å². The number of aryl methyl sites for hydroxylation is 1. The Bertz CT molecular complexity index is 992. The van der Waals surface area contributed by atoms with Crippen LogP contribution < -0.4 is 15.8 Å². The van der Waals surface area contributed by atoms with E-state index in [1.54, 1.807) is 4.90 Å². The fourth-order valence-corrected chi connectivity index (χ4v) is 4.32. The molecule has 0 radical (unpaired) electrons. The number of hydrogen-bond acceptors (Lipinski definition) is 4. The van der Waals surface area contributed by atoms with Crippen LogP contribution in [0.1, 0.15) is 55.1 Å². The van der Waals surface area contributed by atoms with E-state index in [9.17, 15) is 14.4 Å². The molecular formula is C23H28N4O3. The van der Waals surface area contributed by atoms with Gasteiger partial charge in [0, 0.05) is 30.8 Å². The van der Waals surface area contributed by atoms with Gasteiger partial charge in [0.25, 0.3) is 11.5 Å². The van der Waals surface area contributed by atoms with E-state index in [1.807, 2.05) is 24.3 Å². The fraction of sp³-hybridized carbons (Fsp3) is 0.478. The number of carbonyl (C=O) groups excluding carboxylic acids is 2. The molecule has 1 aromatic carbocycles. The molecule has 4 rings (SSSR count). The third kappa shape index (κ3) is 4.45. The average Bonchev–Trinajstić information content (AvgIpc) is 3.18. The Balaban J connectivity index is 1.39. The highest BCUT2D eigenvalue weighted by Crippen LogP contribution is 2.28. The predicted octanol–water partition coefficient (Wildman–Crippen LogP) is 2.53. The van der Waals surface area contributed by atoms with E-state index in [-0.39, 0.29) is 42.1 Å². The van der Waals surface area contributed by atoms with Crippen molar-refractivity contribution < 1.29 is 9.59 Å². The second kappa shape index (κ2) is 8.81. The molecule has 7 nitrogen and oxygen atoms in total. The van der Waals surface area contributed by atoms with Gasteiger partial charge in [-0.25, -0.2) is 4.68 Å². The van der Waals surface area contributed by atoms with Crippen LogP contribution in [0, 0.1) is 5.92 Å². The van der Waals surface area contributed by atoms with E-state index in [0.29, 0.717) is 6.54 Å². The molecule has 2 heterocycles. The van der Waals surface area contributed by atoms with E-state index < -0.39 is 0 Å². The minimum absolute atomic E-state index is 0.0755. The van der Waals surface area contributed by atoms with Crippen molar-refractivity contribution in [3.05, 3.63) is 58.0 Å². The summed E-state index contributed by atoms with van der Waals surface area (Å²) in [6.45, 7) is 3.00. The summed E-state index contributed by atoms with van der Waals surface area (Å²) in [5.41, 5.74) is 1.93. The molecule has 7 heteroatoms. The number of aromatic nitrogens is 2. The molecule has 0 unspecified atom stereocenters. The van der Waals surface area contributed by atoms with Crippen molar-refractivity contribution in [2.75, 3.05) is 11.4 Å². The van der Waals surface area contributed by atoms with Gasteiger partial charge in [-0.3, -0.25) is 14.4 Å². The summed E-state index contributed by atoms with van der Waals surface area (Å²) < 4.78 is 1.22. The van der Waals surface area contributed by atoms with Gasteiger partial charge in [0.15, 0.2) is 0 Å². The van der Waals surface area contributed by atoms with E-state index >= 15 is 0 Å². The first-order valence-electron chi connectivity index (χ1n) is 10.8. The molecule has 30 heavy (non-hydrogen) atoms. The largest absolute Gasteiger partial charge is 0.353 e. The molecule has 0 atom stereocenters. The molecular weight excluding hydrogens is 380 g/mol. The summed E-state index contributed by atoms with van der Waals surface area (Å²) in [4.78, 5) is 39.2. The van der Waals surface area contributed by atoms with Crippen LogP contribution in [0.15, 0.2) is 41.2 Å². The maximum Gasteiger partial charge on any atom is 0.278 e. The van der Waals surface area contributed by atoms with Crippen LogP contribution in [0.25, 0.3) is 0 Å². The van der Waals surface area contributed by atoms with Crippen molar-refractivity contribution in [1.29, 1.82) is 0 Å². The van der Waals surface area contributed by atoms with Crippen LogP contribution in [0.2, 0.25) is 0 Å². The minimum Gasteiger partial charge on any atom is -0.353 e. The normalized spacial score (nSPS) is 20.6. The van der Waals surface area contributed by atoms with Crippen LogP contribution in [-0.4, -0.2) is 34.2 Å². The number of nitrogens with one attached hydrogen (secondary N) is 1. The number of anilines is 1. The Kier molecular flexibility index (Phi) is 5.97. The SMILES string of the molecule is CC1CCC(NC(=O)CCn2nc(C(=O)N3CCc4ccccc43)ccc2=O)CC1. The zero-order chi connectivity index (χ0) is 21.1. The lowest BCUT2D eigenvalue weighted by Gasteiger charge is -2.26. The van der Waals surface area contributed by atoms with Crippen LogP contribution in [0.3, 0.4) is 0 Å². The molecule has 0 saturated heterocycles. The van der Waals surface area contributed by atoms with Crippen LogP contribution in [0.5, 0.6) is 0 Å². The highest BCUT2D eigenvalue weighted by molar-refractivity contribution is 6.05. The molecule has 2 aliphatic rings. The molecule has 0 bridgehead atoms. The van der Waals surface area contributed by atoms with Gasteiger partial charge in [-0.15, -0.1) is 0 Å². The molecule has 2 amide bonds. The lowest BCUT2D eigenvalue weighted by molar-refractivity contribution is -0.122. The molecule has 2 aromatic rings. The molecule has 1 aliphatic carbocycles. The summed E-state index contributed by atoms with van der Waals surface area (Å²) in [5, 5.41) is 7.32. The summed E-state index contributed by atoms with van der Waals surface area (Å²) in [6.07, 6.45) is 5.26. The molecule has 158 valence electrons. The Morgan fingerprint density at radius 2 is 1.87 bits per heavy atom. The summed E-state index contributed by atoms with van der Waals surface area (Å²) in [6, 6.07) is 10.8. The monoisotopic (exact) mass is 408 g/mol. The zero-order valence-corrected chi connectivity index (χ0v) is 17.3.